The maximum atomic E-state index is 10.6. The molecule has 2 aromatic heterocycles. The van der Waals surface area contributed by atoms with Crippen molar-refractivity contribution in [1.82, 2.24) is 14.5 Å². The molecule has 3 unspecified atom stereocenters. The molecular weight excluding hydrogens is 304 g/mol. The first-order chi connectivity index (χ1) is 11.0. The van der Waals surface area contributed by atoms with E-state index in [0.717, 1.165) is 0 Å². The monoisotopic (exact) mass is 322 g/mol. The number of aliphatic hydroxyl groups is 3. The molecule has 0 saturated carbocycles. The number of fused-ring (bicyclic) bond motifs is 1. The lowest BCUT2D eigenvalue weighted by atomic mass is 9.96. The van der Waals surface area contributed by atoms with Crippen molar-refractivity contribution in [2.45, 2.75) is 31.0 Å². The van der Waals surface area contributed by atoms with Crippen LogP contribution >= 0.6 is 0 Å². The van der Waals surface area contributed by atoms with Crippen molar-refractivity contribution in [2.75, 3.05) is 12.1 Å². The van der Waals surface area contributed by atoms with Gasteiger partial charge >= 0.3 is 0 Å². The van der Waals surface area contributed by atoms with Crippen molar-refractivity contribution in [3.63, 3.8) is 0 Å². The third kappa shape index (κ3) is 2.21. The van der Waals surface area contributed by atoms with Crippen LogP contribution in [0.2, 0.25) is 0 Å². The molecule has 124 valence electrons. The van der Waals surface area contributed by atoms with Gasteiger partial charge in [0.25, 0.3) is 0 Å². The van der Waals surface area contributed by atoms with Crippen LogP contribution in [0.3, 0.4) is 0 Å². The van der Waals surface area contributed by atoms with E-state index < -0.39 is 30.6 Å². The van der Waals surface area contributed by atoms with Crippen LogP contribution in [0.1, 0.15) is 18.7 Å². The predicted molar refractivity (Wildman–Crippen MR) is 80.7 cm³/mol. The van der Waals surface area contributed by atoms with E-state index in [0.29, 0.717) is 16.6 Å². The highest BCUT2D eigenvalue weighted by Gasteiger charge is 2.53. The van der Waals surface area contributed by atoms with Crippen LogP contribution in [0.4, 0.5) is 5.82 Å². The van der Waals surface area contributed by atoms with Crippen LogP contribution in [-0.2, 0) is 4.74 Å². The highest BCUT2D eigenvalue weighted by Crippen LogP contribution is 2.41. The Bertz CT molecular complexity index is 744. The first-order valence-electron chi connectivity index (χ1n) is 7.00. The normalized spacial score (nSPS) is 30.7. The lowest BCUT2D eigenvalue weighted by Crippen LogP contribution is -2.44. The van der Waals surface area contributed by atoms with Gasteiger partial charge < -0.3 is 24.6 Å². The zero-order valence-electron chi connectivity index (χ0n) is 12.4. The van der Waals surface area contributed by atoms with Crippen LogP contribution in [0.25, 0.3) is 17.1 Å². The fourth-order valence-corrected chi connectivity index (χ4v) is 2.92. The van der Waals surface area contributed by atoms with E-state index >= 15 is 0 Å². The van der Waals surface area contributed by atoms with Gasteiger partial charge in [0.05, 0.1) is 12.0 Å². The van der Waals surface area contributed by atoms with Crippen LogP contribution in [-0.4, -0.2) is 59.5 Å². The molecule has 9 heteroatoms. The minimum atomic E-state index is -1.64. The van der Waals surface area contributed by atoms with Crippen molar-refractivity contribution in [3.05, 3.63) is 24.7 Å². The molecule has 0 spiro atoms. The van der Waals surface area contributed by atoms with Crippen LogP contribution in [0.15, 0.2) is 19.1 Å². The molecule has 5 N–H and O–H groups in total. The van der Waals surface area contributed by atoms with Gasteiger partial charge in [-0.2, -0.15) is 0 Å². The van der Waals surface area contributed by atoms with Crippen LogP contribution in [0, 0.1) is 0 Å². The van der Waals surface area contributed by atoms with E-state index in [1.54, 1.807) is 12.3 Å². The summed E-state index contributed by atoms with van der Waals surface area (Å²) in [7, 11) is 0. The van der Waals surface area contributed by atoms with E-state index in [-0.39, 0.29) is 5.82 Å². The molecule has 1 aliphatic rings. The number of rotatable bonds is 4. The lowest BCUT2D eigenvalue weighted by molar-refractivity contribution is -0.0948. The predicted octanol–water partition coefficient (Wildman–Crippen LogP) is -0.123. The van der Waals surface area contributed by atoms with Gasteiger partial charge in [-0.25, -0.2) is 9.97 Å². The molecule has 9 nitrogen and oxygen atoms in total. The van der Waals surface area contributed by atoms with Gasteiger partial charge in [0.2, 0.25) is 0 Å². The van der Waals surface area contributed by atoms with Gasteiger partial charge in [0.15, 0.2) is 12.0 Å². The summed E-state index contributed by atoms with van der Waals surface area (Å²) in [6, 6.07) is 0. The quantitative estimate of drug-likeness (QED) is 0.492. The fraction of sp³-hybridized carbons (Fsp3) is 0.429. The summed E-state index contributed by atoms with van der Waals surface area (Å²) >= 11 is 0. The van der Waals surface area contributed by atoms with Gasteiger partial charge in [-0.15, -0.1) is 0 Å². The number of aromatic nitrogens is 3. The van der Waals surface area contributed by atoms with Crippen molar-refractivity contribution < 1.29 is 25.3 Å². The molecule has 0 aromatic carbocycles. The Kier molecular flexibility index (Phi) is 3.82. The van der Waals surface area contributed by atoms with Gasteiger partial charge in [-0.1, -0.05) is 12.7 Å². The first kappa shape index (κ1) is 15.8. The third-order valence-electron chi connectivity index (χ3n) is 4.15. The molecule has 2 aromatic rings. The highest BCUT2D eigenvalue weighted by molar-refractivity contribution is 5.95. The maximum Gasteiger partial charge on any atom is 0.167 e. The minimum Gasteiger partial charge on any atom is -0.394 e. The molecule has 0 amide bonds. The molecule has 0 radical (unpaired) electrons. The van der Waals surface area contributed by atoms with Crippen LogP contribution < -0.4 is 5.48 Å². The highest BCUT2D eigenvalue weighted by atomic mass is 16.6. The molecule has 23 heavy (non-hydrogen) atoms. The molecule has 0 aliphatic carbocycles. The van der Waals surface area contributed by atoms with Gasteiger partial charge in [-0.3, -0.25) is 10.7 Å². The topological polar surface area (TPSA) is 133 Å². The standard InChI is InChI=1S/C14H18N4O5/c1-3-7-4-18(12-9(7)11(17-22)15-6-16-12)13-14(2,21)10(20)8(5-19)23-13/h3-4,6,8,10,13,19-22H,1,5H2,2H3,(H,15,16,17)/t8?,10-,13?,14?/m1/s1. The van der Waals surface area contributed by atoms with Crippen molar-refractivity contribution in [2.24, 2.45) is 0 Å². The number of anilines is 1. The summed E-state index contributed by atoms with van der Waals surface area (Å²) < 4.78 is 7.12. The van der Waals surface area contributed by atoms with Gasteiger partial charge in [0.1, 0.15) is 29.8 Å². The number of nitrogens with zero attached hydrogens (tertiary/aromatic N) is 3. The average Bonchev–Trinajstić information content (AvgIpc) is 3.03. The Morgan fingerprint density at radius 1 is 1.52 bits per heavy atom. The molecule has 3 rings (SSSR count). The summed E-state index contributed by atoms with van der Waals surface area (Å²) in [6.07, 6.45) is 1.25. The largest absolute Gasteiger partial charge is 0.394 e. The Morgan fingerprint density at radius 2 is 2.26 bits per heavy atom. The molecular formula is C14H18N4O5. The van der Waals surface area contributed by atoms with Gasteiger partial charge in [0, 0.05) is 11.8 Å². The molecule has 4 atom stereocenters. The van der Waals surface area contributed by atoms with E-state index in [1.165, 1.54) is 17.8 Å². The second-order valence-electron chi connectivity index (χ2n) is 5.61. The Labute approximate surface area is 131 Å². The Morgan fingerprint density at radius 3 is 2.83 bits per heavy atom. The number of nitrogens with one attached hydrogen (secondary N) is 1. The lowest BCUT2D eigenvalue weighted by Gasteiger charge is -2.27. The Balaban J connectivity index is 2.19. The number of hydrogen-bond acceptors (Lipinski definition) is 8. The summed E-state index contributed by atoms with van der Waals surface area (Å²) in [5, 5.41) is 39.7. The van der Waals surface area contributed by atoms with Crippen LogP contribution in [0.5, 0.6) is 0 Å². The zero-order valence-corrected chi connectivity index (χ0v) is 12.4. The maximum absolute atomic E-state index is 10.6. The molecule has 1 saturated heterocycles. The number of hydrogen-bond donors (Lipinski definition) is 5. The van der Waals surface area contributed by atoms with E-state index in [9.17, 15) is 20.5 Å². The molecule has 1 fully saturated rings. The second kappa shape index (κ2) is 5.55. The minimum absolute atomic E-state index is 0.181. The first-order valence-corrected chi connectivity index (χ1v) is 7.00. The van der Waals surface area contributed by atoms with E-state index in [1.807, 2.05) is 5.48 Å². The zero-order chi connectivity index (χ0) is 16.8. The summed E-state index contributed by atoms with van der Waals surface area (Å²) in [5.74, 6) is 0.181. The molecule has 0 bridgehead atoms. The number of ether oxygens (including phenoxy) is 1. The van der Waals surface area contributed by atoms with E-state index in [4.69, 9.17) is 4.74 Å². The summed E-state index contributed by atoms with van der Waals surface area (Å²) in [6.45, 7) is 4.70. The van der Waals surface area contributed by atoms with Crippen molar-refractivity contribution >= 4 is 22.9 Å². The SMILES string of the molecule is C=Cc1cn(C2OC(CO)[C@@H](O)C2(C)O)c2ncnc(NO)c12. The Hall–Kier alpha value is -2.04. The molecule has 3 heterocycles. The fourth-order valence-electron chi connectivity index (χ4n) is 2.92. The smallest absolute Gasteiger partial charge is 0.167 e. The third-order valence-corrected chi connectivity index (χ3v) is 4.15. The second-order valence-corrected chi connectivity index (χ2v) is 5.61. The average molecular weight is 322 g/mol. The van der Waals surface area contributed by atoms with E-state index in [2.05, 4.69) is 16.5 Å². The summed E-state index contributed by atoms with van der Waals surface area (Å²) in [4.78, 5) is 8.09. The summed E-state index contributed by atoms with van der Waals surface area (Å²) in [5.41, 5.74) is 1.34. The number of aliphatic hydroxyl groups excluding tert-OH is 2. The van der Waals surface area contributed by atoms with Crippen molar-refractivity contribution in [1.29, 1.82) is 0 Å². The van der Waals surface area contributed by atoms with Gasteiger partial charge in [-0.05, 0) is 6.92 Å². The molecule has 1 aliphatic heterocycles. The van der Waals surface area contributed by atoms with Crippen molar-refractivity contribution in [3.8, 4) is 0 Å².